The van der Waals surface area contributed by atoms with E-state index in [0.717, 1.165) is 36.8 Å². The van der Waals surface area contributed by atoms with Crippen LogP contribution in [0.5, 0.6) is 5.75 Å². The first-order valence-corrected chi connectivity index (χ1v) is 12.5. The van der Waals surface area contributed by atoms with Crippen LogP contribution < -0.4 is 4.74 Å². The molecule has 4 aromatic rings. The standard InChI is InChI=1S/C31H29F4NO/c1-3-4-5-6-21-10-17-26(36-19-21)25-15-14-23(28(32)30(25)34)13-9-20-7-11-22(12-8-20)24-16-18-27(37-2)31(35)29(24)33/h7-8,10-12,14-19H,3-6,9,13H2,1-2H3. The van der Waals surface area contributed by atoms with Crippen molar-refractivity contribution in [1.82, 2.24) is 4.98 Å². The van der Waals surface area contributed by atoms with Gasteiger partial charge in [-0.1, -0.05) is 56.2 Å². The maximum Gasteiger partial charge on any atom is 0.201 e. The molecular formula is C31H29F4NO. The van der Waals surface area contributed by atoms with Crippen LogP contribution in [-0.4, -0.2) is 12.1 Å². The SMILES string of the molecule is CCCCCc1ccc(-c2ccc(CCc3ccc(-c4ccc(OC)c(F)c4F)cc3)c(F)c2F)nc1. The van der Waals surface area contributed by atoms with Gasteiger partial charge in [-0.2, -0.15) is 4.39 Å². The Morgan fingerprint density at radius 2 is 1.35 bits per heavy atom. The van der Waals surface area contributed by atoms with E-state index < -0.39 is 23.3 Å². The largest absolute Gasteiger partial charge is 0.494 e. The van der Waals surface area contributed by atoms with Gasteiger partial charge in [0.05, 0.1) is 12.8 Å². The van der Waals surface area contributed by atoms with E-state index in [2.05, 4.69) is 11.9 Å². The van der Waals surface area contributed by atoms with Gasteiger partial charge >= 0.3 is 0 Å². The Balaban J connectivity index is 1.43. The third-order valence-corrected chi connectivity index (χ3v) is 6.55. The van der Waals surface area contributed by atoms with Crippen molar-refractivity contribution in [1.29, 1.82) is 0 Å². The summed E-state index contributed by atoms with van der Waals surface area (Å²) in [5, 5.41) is 0. The number of benzene rings is 3. The topological polar surface area (TPSA) is 22.1 Å². The number of unbranched alkanes of at least 4 members (excludes halogenated alkanes) is 2. The van der Waals surface area contributed by atoms with Gasteiger partial charge in [0.25, 0.3) is 0 Å². The molecule has 2 nitrogen and oxygen atoms in total. The van der Waals surface area contributed by atoms with Gasteiger partial charge in [-0.15, -0.1) is 0 Å². The zero-order valence-corrected chi connectivity index (χ0v) is 21.0. The number of hydrogen-bond acceptors (Lipinski definition) is 2. The second-order valence-electron chi connectivity index (χ2n) is 9.05. The molecule has 0 atom stereocenters. The lowest BCUT2D eigenvalue weighted by Crippen LogP contribution is -2.01. The van der Waals surface area contributed by atoms with Gasteiger partial charge in [0.15, 0.2) is 23.2 Å². The average molecular weight is 508 g/mol. The number of halogens is 4. The van der Waals surface area contributed by atoms with E-state index in [0.29, 0.717) is 17.7 Å². The highest BCUT2D eigenvalue weighted by atomic mass is 19.2. The quantitative estimate of drug-likeness (QED) is 0.159. The third kappa shape index (κ3) is 6.01. The molecule has 1 heterocycles. The maximum atomic E-state index is 14.9. The fourth-order valence-electron chi connectivity index (χ4n) is 4.33. The van der Waals surface area contributed by atoms with E-state index in [1.165, 1.54) is 19.2 Å². The van der Waals surface area contributed by atoms with Crippen molar-refractivity contribution in [2.24, 2.45) is 0 Å². The fraction of sp³-hybridized carbons (Fsp3) is 0.258. The minimum atomic E-state index is -1.04. The number of rotatable bonds is 10. The van der Waals surface area contributed by atoms with Crippen LogP contribution in [0.3, 0.4) is 0 Å². The molecular weight excluding hydrogens is 478 g/mol. The summed E-state index contributed by atoms with van der Waals surface area (Å²) in [6, 6.07) is 16.5. The first-order chi connectivity index (χ1) is 17.9. The van der Waals surface area contributed by atoms with Crippen LogP contribution in [0.1, 0.15) is 42.9 Å². The summed E-state index contributed by atoms with van der Waals surface area (Å²) in [5.74, 6) is -3.96. The summed E-state index contributed by atoms with van der Waals surface area (Å²) >= 11 is 0. The lowest BCUT2D eigenvalue weighted by Gasteiger charge is -2.10. The molecule has 0 fully saturated rings. The summed E-state index contributed by atoms with van der Waals surface area (Å²) < 4.78 is 63.0. The summed E-state index contributed by atoms with van der Waals surface area (Å²) in [6.07, 6.45) is 6.76. The van der Waals surface area contributed by atoms with Crippen molar-refractivity contribution in [3.05, 3.63) is 107 Å². The summed E-state index contributed by atoms with van der Waals surface area (Å²) in [6.45, 7) is 2.15. The minimum Gasteiger partial charge on any atom is -0.494 e. The zero-order valence-electron chi connectivity index (χ0n) is 21.0. The molecule has 0 radical (unpaired) electrons. The number of pyridine rings is 1. The highest BCUT2D eigenvalue weighted by Gasteiger charge is 2.17. The van der Waals surface area contributed by atoms with Gasteiger partial charge in [-0.05, 0) is 72.2 Å². The van der Waals surface area contributed by atoms with E-state index in [9.17, 15) is 17.6 Å². The predicted octanol–water partition coefficient (Wildman–Crippen LogP) is 8.50. The van der Waals surface area contributed by atoms with E-state index >= 15 is 0 Å². The normalized spacial score (nSPS) is 11.1. The molecule has 0 amide bonds. The van der Waals surface area contributed by atoms with Crippen LogP contribution in [0.15, 0.2) is 66.9 Å². The van der Waals surface area contributed by atoms with Crippen LogP contribution in [0.25, 0.3) is 22.4 Å². The first kappa shape index (κ1) is 26.4. The lowest BCUT2D eigenvalue weighted by atomic mass is 9.98. The molecule has 1 aromatic heterocycles. The molecule has 192 valence electrons. The number of methoxy groups -OCH3 is 1. The van der Waals surface area contributed by atoms with Crippen molar-refractivity contribution < 1.29 is 22.3 Å². The monoisotopic (exact) mass is 507 g/mol. The molecule has 0 aliphatic heterocycles. The highest BCUT2D eigenvalue weighted by molar-refractivity contribution is 5.65. The fourth-order valence-corrected chi connectivity index (χ4v) is 4.33. The van der Waals surface area contributed by atoms with E-state index in [1.54, 1.807) is 48.7 Å². The van der Waals surface area contributed by atoms with Gasteiger partial charge in [0, 0.05) is 17.3 Å². The van der Waals surface area contributed by atoms with Crippen molar-refractivity contribution in [2.75, 3.05) is 7.11 Å². The van der Waals surface area contributed by atoms with Crippen LogP contribution in [-0.2, 0) is 19.3 Å². The highest BCUT2D eigenvalue weighted by Crippen LogP contribution is 2.30. The number of ether oxygens (including phenoxy) is 1. The summed E-state index contributed by atoms with van der Waals surface area (Å²) in [7, 11) is 1.28. The Kier molecular flexibility index (Phi) is 8.59. The number of aryl methyl sites for hydroxylation is 3. The molecule has 0 N–H and O–H groups in total. The average Bonchev–Trinajstić information content (AvgIpc) is 2.92. The Morgan fingerprint density at radius 3 is 2.03 bits per heavy atom. The molecule has 0 saturated heterocycles. The Labute approximate surface area is 215 Å². The minimum absolute atomic E-state index is 0.121. The molecule has 0 unspecified atom stereocenters. The number of nitrogens with zero attached hydrogens (tertiary/aromatic N) is 1. The van der Waals surface area contributed by atoms with Crippen molar-refractivity contribution in [3.8, 4) is 28.1 Å². The van der Waals surface area contributed by atoms with Crippen molar-refractivity contribution in [3.63, 3.8) is 0 Å². The maximum absolute atomic E-state index is 14.9. The first-order valence-electron chi connectivity index (χ1n) is 12.5. The van der Waals surface area contributed by atoms with Gasteiger partial charge in [0.1, 0.15) is 0 Å². The second-order valence-corrected chi connectivity index (χ2v) is 9.05. The lowest BCUT2D eigenvalue weighted by molar-refractivity contribution is 0.372. The van der Waals surface area contributed by atoms with Crippen LogP contribution in [0, 0.1) is 23.3 Å². The van der Waals surface area contributed by atoms with Gasteiger partial charge < -0.3 is 4.74 Å². The Morgan fingerprint density at radius 1 is 0.649 bits per heavy atom. The molecule has 0 spiro atoms. The Bertz CT molecular complexity index is 1350. The predicted molar refractivity (Wildman–Crippen MR) is 139 cm³/mol. The zero-order chi connectivity index (χ0) is 26.4. The van der Waals surface area contributed by atoms with E-state index in [1.807, 2.05) is 6.07 Å². The summed E-state index contributed by atoms with van der Waals surface area (Å²) in [5.41, 5.74) is 3.39. The van der Waals surface area contributed by atoms with E-state index in [-0.39, 0.29) is 28.9 Å². The molecule has 3 aromatic carbocycles. The summed E-state index contributed by atoms with van der Waals surface area (Å²) in [4.78, 5) is 4.34. The molecule has 0 saturated carbocycles. The van der Waals surface area contributed by atoms with Crippen molar-refractivity contribution >= 4 is 0 Å². The van der Waals surface area contributed by atoms with Crippen LogP contribution >= 0.6 is 0 Å². The number of hydrogen-bond donors (Lipinski definition) is 0. The molecule has 4 rings (SSSR count). The molecule has 37 heavy (non-hydrogen) atoms. The molecule has 0 bridgehead atoms. The van der Waals surface area contributed by atoms with Crippen molar-refractivity contribution in [2.45, 2.75) is 45.4 Å². The third-order valence-electron chi connectivity index (χ3n) is 6.55. The smallest absolute Gasteiger partial charge is 0.201 e. The van der Waals surface area contributed by atoms with Gasteiger partial charge in [0.2, 0.25) is 5.82 Å². The second kappa shape index (κ2) is 12.0. The van der Waals surface area contributed by atoms with Crippen LogP contribution in [0.4, 0.5) is 17.6 Å². The molecule has 0 aliphatic carbocycles. The number of aromatic nitrogens is 1. The van der Waals surface area contributed by atoms with Gasteiger partial charge in [-0.25, -0.2) is 13.2 Å². The Hall–Kier alpha value is -3.67. The molecule has 0 aliphatic rings. The van der Waals surface area contributed by atoms with Gasteiger partial charge in [-0.3, -0.25) is 4.98 Å². The van der Waals surface area contributed by atoms with Crippen LogP contribution in [0.2, 0.25) is 0 Å². The van der Waals surface area contributed by atoms with E-state index in [4.69, 9.17) is 4.74 Å². The molecule has 6 heteroatoms.